The minimum absolute atomic E-state index is 0.0316. The highest BCUT2D eigenvalue weighted by atomic mass is 16.1. The number of nitrogens with zero attached hydrogens (tertiary/aromatic N) is 2. The first-order valence-electron chi connectivity index (χ1n) is 8.49. The smallest absolute Gasteiger partial charge is 0.221 e. The number of carbonyl (C=O) groups is 1. The van der Waals surface area contributed by atoms with E-state index in [1.807, 2.05) is 68.4 Å². The third-order valence-corrected chi connectivity index (χ3v) is 3.73. The molecule has 3 rings (SSSR count). The van der Waals surface area contributed by atoms with E-state index in [1.165, 1.54) is 0 Å². The number of para-hydroxylation sites is 1. The van der Waals surface area contributed by atoms with Gasteiger partial charge >= 0.3 is 0 Å². The molecule has 1 heterocycles. The van der Waals surface area contributed by atoms with E-state index < -0.39 is 0 Å². The molecular formula is C20H22N4O. The molecule has 128 valence electrons. The Morgan fingerprint density at radius 3 is 2.48 bits per heavy atom. The van der Waals surface area contributed by atoms with Crippen molar-refractivity contribution in [2.75, 3.05) is 11.9 Å². The predicted molar refractivity (Wildman–Crippen MR) is 101 cm³/mol. The molecule has 0 saturated carbocycles. The molecule has 5 heteroatoms. The van der Waals surface area contributed by atoms with Crippen molar-refractivity contribution in [3.05, 3.63) is 54.6 Å². The van der Waals surface area contributed by atoms with Crippen LogP contribution in [0, 0.1) is 0 Å². The number of aromatic nitrogens is 2. The molecule has 0 aliphatic carbocycles. The normalized spacial score (nSPS) is 10.8. The first-order chi connectivity index (χ1) is 12.1. The molecule has 0 spiro atoms. The molecule has 0 unspecified atom stereocenters. The molecule has 0 aliphatic rings. The fraction of sp³-hybridized carbons (Fsp3) is 0.250. The van der Waals surface area contributed by atoms with E-state index in [-0.39, 0.29) is 11.9 Å². The van der Waals surface area contributed by atoms with Gasteiger partial charge in [-0.15, -0.1) is 0 Å². The molecule has 2 N–H and O–H groups in total. The van der Waals surface area contributed by atoms with Crippen LogP contribution in [0.25, 0.3) is 22.3 Å². The number of hydrogen-bond acceptors (Lipinski definition) is 4. The molecule has 0 aliphatic heterocycles. The zero-order valence-corrected chi connectivity index (χ0v) is 14.5. The third-order valence-electron chi connectivity index (χ3n) is 3.73. The van der Waals surface area contributed by atoms with Crippen LogP contribution in [0.3, 0.4) is 0 Å². The second kappa shape index (κ2) is 7.75. The maximum Gasteiger partial charge on any atom is 0.221 e. The molecule has 0 atom stereocenters. The molecule has 5 nitrogen and oxygen atoms in total. The van der Waals surface area contributed by atoms with Crippen molar-refractivity contribution in [1.29, 1.82) is 0 Å². The Morgan fingerprint density at radius 2 is 1.72 bits per heavy atom. The Balaban J connectivity index is 1.84. The summed E-state index contributed by atoms with van der Waals surface area (Å²) >= 11 is 0. The Hall–Kier alpha value is -2.95. The molecule has 1 amide bonds. The van der Waals surface area contributed by atoms with E-state index in [0.717, 1.165) is 22.3 Å². The average molecular weight is 334 g/mol. The maximum absolute atomic E-state index is 11.8. The monoisotopic (exact) mass is 334 g/mol. The van der Waals surface area contributed by atoms with Gasteiger partial charge in [0.2, 0.25) is 5.91 Å². The Morgan fingerprint density at radius 1 is 1.00 bits per heavy atom. The van der Waals surface area contributed by atoms with E-state index in [9.17, 15) is 4.79 Å². The maximum atomic E-state index is 11.8. The van der Waals surface area contributed by atoms with Crippen LogP contribution in [0.1, 0.15) is 20.3 Å². The minimum atomic E-state index is 0.0316. The van der Waals surface area contributed by atoms with Crippen molar-refractivity contribution < 1.29 is 4.79 Å². The van der Waals surface area contributed by atoms with Gasteiger partial charge in [0.05, 0.1) is 5.52 Å². The predicted octanol–water partition coefficient (Wildman–Crippen LogP) is 3.62. The van der Waals surface area contributed by atoms with Gasteiger partial charge in [-0.2, -0.15) is 0 Å². The van der Waals surface area contributed by atoms with Gasteiger partial charge in [-0.25, -0.2) is 9.97 Å². The van der Waals surface area contributed by atoms with E-state index in [1.54, 1.807) is 0 Å². The summed E-state index contributed by atoms with van der Waals surface area (Å²) in [7, 11) is 0. The Kier molecular flexibility index (Phi) is 5.23. The summed E-state index contributed by atoms with van der Waals surface area (Å²) in [5, 5.41) is 7.13. The van der Waals surface area contributed by atoms with E-state index in [0.29, 0.717) is 18.8 Å². The van der Waals surface area contributed by atoms with Crippen molar-refractivity contribution >= 4 is 22.6 Å². The van der Waals surface area contributed by atoms with Crippen LogP contribution in [0.15, 0.2) is 54.6 Å². The molecule has 25 heavy (non-hydrogen) atoms. The zero-order chi connectivity index (χ0) is 17.6. The SMILES string of the molecule is CC(C)NC(=O)CCNc1nc(-c2ccccc2)nc2ccccc12. The summed E-state index contributed by atoms with van der Waals surface area (Å²) < 4.78 is 0. The minimum Gasteiger partial charge on any atom is -0.369 e. The first-order valence-corrected chi connectivity index (χ1v) is 8.49. The Labute approximate surface area is 147 Å². The van der Waals surface area contributed by atoms with Gasteiger partial charge in [0.15, 0.2) is 5.82 Å². The van der Waals surface area contributed by atoms with Crippen molar-refractivity contribution in [3.8, 4) is 11.4 Å². The largest absolute Gasteiger partial charge is 0.369 e. The molecule has 3 aromatic rings. The van der Waals surface area contributed by atoms with Crippen LogP contribution in [-0.2, 0) is 4.79 Å². The van der Waals surface area contributed by atoms with Crippen molar-refractivity contribution in [1.82, 2.24) is 15.3 Å². The summed E-state index contributed by atoms with van der Waals surface area (Å²) in [6, 6.07) is 17.9. The summed E-state index contributed by atoms with van der Waals surface area (Å²) in [6.07, 6.45) is 0.400. The fourth-order valence-corrected chi connectivity index (χ4v) is 2.62. The second-order valence-corrected chi connectivity index (χ2v) is 6.18. The number of hydrogen-bond donors (Lipinski definition) is 2. The molecule has 1 aromatic heterocycles. The molecule has 0 saturated heterocycles. The summed E-state index contributed by atoms with van der Waals surface area (Å²) in [5.74, 6) is 1.46. The van der Waals surface area contributed by atoms with Gasteiger partial charge < -0.3 is 10.6 Å². The van der Waals surface area contributed by atoms with Crippen molar-refractivity contribution in [2.24, 2.45) is 0 Å². The number of amides is 1. The number of anilines is 1. The number of carbonyl (C=O) groups excluding carboxylic acids is 1. The molecule has 0 bridgehead atoms. The van der Waals surface area contributed by atoms with Crippen LogP contribution in [0.5, 0.6) is 0 Å². The highest BCUT2D eigenvalue weighted by Crippen LogP contribution is 2.24. The molecule has 2 aromatic carbocycles. The highest BCUT2D eigenvalue weighted by molar-refractivity contribution is 5.90. The third kappa shape index (κ3) is 4.32. The summed E-state index contributed by atoms with van der Waals surface area (Å²) in [5.41, 5.74) is 1.85. The van der Waals surface area contributed by atoms with Gasteiger partial charge in [-0.05, 0) is 26.0 Å². The van der Waals surface area contributed by atoms with Crippen LogP contribution in [0.4, 0.5) is 5.82 Å². The lowest BCUT2D eigenvalue weighted by Crippen LogP contribution is -2.31. The quantitative estimate of drug-likeness (QED) is 0.722. The van der Waals surface area contributed by atoms with Crippen molar-refractivity contribution in [2.45, 2.75) is 26.3 Å². The molecule has 0 fully saturated rings. The number of nitrogens with one attached hydrogen (secondary N) is 2. The number of benzene rings is 2. The van der Waals surface area contributed by atoms with Crippen LogP contribution in [-0.4, -0.2) is 28.5 Å². The van der Waals surface area contributed by atoms with Gasteiger partial charge in [-0.3, -0.25) is 4.79 Å². The van der Waals surface area contributed by atoms with Crippen LogP contribution >= 0.6 is 0 Å². The van der Waals surface area contributed by atoms with Crippen LogP contribution in [0.2, 0.25) is 0 Å². The number of rotatable bonds is 6. The van der Waals surface area contributed by atoms with Gasteiger partial charge in [0, 0.05) is 30.0 Å². The lowest BCUT2D eigenvalue weighted by atomic mass is 10.2. The Bertz CT molecular complexity index is 862. The first kappa shape index (κ1) is 16.9. The van der Waals surface area contributed by atoms with Crippen molar-refractivity contribution in [3.63, 3.8) is 0 Å². The standard InChI is InChI=1S/C20H22N4O/c1-14(2)22-18(25)12-13-21-20-16-10-6-7-11-17(16)23-19(24-20)15-8-4-3-5-9-15/h3-11,14H,12-13H2,1-2H3,(H,22,25)(H,21,23,24). The fourth-order valence-electron chi connectivity index (χ4n) is 2.62. The summed E-state index contributed by atoms with van der Waals surface area (Å²) in [6.45, 7) is 4.43. The van der Waals surface area contributed by atoms with E-state index in [4.69, 9.17) is 0 Å². The average Bonchev–Trinajstić information content (AvgIpc) is 2.61. The van der Waals surface area contributed by atoms with Gasteiger partial charge in [0.1, 0.15) is 5.82 Å². The lowest BCUT2D eigenvalue weighted by molar-refractivity contribution is -0.121. The molecule has 0 radical (unpaired) electrons. The van der Waals surface area contributed by atoms with Gasteiger partial charge in [0.25, 0.3) is 0 Å². The molecular weight excluding hydrogens is 312 g/mol. The lowest BCUT2D eigenvalue weighted by Gasteiger charge is -2.12. The zero-order valence-electron chi connectivity index (χ0n) is 14.5. The van der Waals surface area contributed by atoms with E-state index >= 15 is 0 Å². The second-order valence-electron chi connectivity index (χ2n) is 6.18. The van der Waals surface area contributed by atoms with E-state index in [2.05, 4.69) is 20.6 Å². The summed E-state index contributed by atoms with van der Waals surface area (Å²) in [4.78, 5) is 21.1. The van der Waals surface area contributed by atoms with Crippen LogP contribution < -0.4 is 10.6 Å². The number of fused-ring (bicyclic) bond motifs is 1. The topological polar surface area (TPSA) is 66.9 Å². The highest BCUT2D eigenvalue weighted by Gasteiger charge is 2.10. The van der Waals surface area contributed by atoms with Gasteiger partial charge in [-0.1, -0.05) is 42.5 Å².